The Morgan fingerprint density at radius 1 is 1.59 bits per heavy atom. The maximum Gasteiger partial charge on any atom is 0.234 e. The first-order valence-corrected chi connectivity index (χ1v) is 6.56. The Hall–Kier alpha value is -0.650. The highest BCUT2D eigenvalue weighted by atomic mass is 16.2. The molecule has 1 unspecified atom stereocenters. The minimum absolute atomic E-state index is 0.0685. The molecule has 100 valence electrons. The minimum atomic E-state index is 0.0685. The van der Waals surface area contributed by atoms with Gasteiger partial charge in [-0.15, -0.1) is 0 Å². The molecule has 0 radical (unpaired) electrons. The maximum atomic E-state index is 11.5. The van der Waals surface area contributed by atoms with Crippen LogP contribution < -0.4 is 11.1 Å². The molecule has 17 heavy (non-hydrogen) atoms. The first kappa shape index (κ1) is 14.4. The van der Waals surface area contributed by atoms with Gasteiger partial charge in [-0.05, 0) is 33.0 Å². The van der Waals surface area contributed by atoms with Crippen molar-refractivity contribution in [2.45, 2.75) is 25.8 Å². The van der Waals surface area contributed by atoms with Crippen LogP contribution in [0.1, 0.15) is 19.8 Å². The summed E-state index contributed by atoms with van der Waals surface area (Å²) in [6.45, 7) is 7.02. The molecule has 0 aromatic heterocycles. The van der Waals surface area contributed by atoms with Gasteiger partial charge in [-0.25, -0.2) is 0 Å². The van der Waals surface area contributed by atoms with Gasteiger partial charge in [0.25, 0.3) is 0 Å². The molecule has 0 aromatic carbocycles. The standard InChI is InChI=1S/C12H26N4O/c1-3-16-8-4-5-11(16)9-15(2)10-12(17)14-7-6-13/h11H,3-10,13H2,1-2H3,(H,14,17). The molecule has 0 spiro atoms. The topological polar surface area (TPSA) is 61.6 Å². The lowest BCUT2D eigenvalue weighted by Gasteiger charge is -2.27. The van der Waals surface area contributed by atoms with E-state index in [9.17, 15) is 4.79 Å². The van der Waals surface area contributed by atoms with Gasteiger partial charge >= 0.3 is 0 Å². The van der Waals surface area contributed by atoms with Gasteiger partial charge < -0.3 is 11.1 Å². The van der Waals surface area contributed by atoms with Crippen molar-refractivity contribution in [1.29, 1.82) is 0 Å². The van der Waals surface area contributed by atoms with E-state index in [4.69, 9.17) is 5.73 Å². The smallest absolute Gasteiger partial charge is 0.234 e. The Balaban J connectivity index is 2.24. The summed E-state index contributed by atoms with van der Waals surface area (Å²) in [4.78, 5) is 16.1. The molecule has 1 aliphatic heterocycles. The molecule has 0 bridgehead atoms. The molecule has 1 fully saturated rings. The number of nitrogens with zero attached hydrogens (tertiary/aromatic N) is 2. The lowest BCUT2D eigenvalue weighted by Crippen LogP contribution is -2.43. The highest BCUT2D eigenvalue weighted by molar-refractivity contribution is 5.77. The van der Waals surface area contributed by atoms with Crippen LogP contribution >= 0.6 is 0 Å². The van der Waals surface area contributed by atoms with Crippen molar-refractivity contribution in [1.82, 2.24) is 15.1 Å². The molecule has 0 aliphatic carbocycles. The summed E-state index contributed by atoms with van der Waals surface area (Å²) >= 11 is 0. The van der Waals surface area contributed by atoms with Crippen molar-refractivity contribution < 1.29 is 4.79 Å². The number of likely N-dealkylation sites (tertiary alicyclic amines) is 1. The van der Waals surface area contributed by atoms with E-state index in [0.717, 1.165) is 13.1 Å². The van der Waals surface area contributed by atoms with Crippen LogP contribution in [-0.4, -0.2) is 68.1 Å². The monoisotopic (exact) mass is 242 g/mol. The van der Waals surface area contributed by atoms with E-state index in [0.29, 0.717) is 25.7 Å². The van der Waals surface area contributed by atoms with E-state index < -0.39 is 0 Å². The second-order valence-electron chi connectivity index (χ2n) is 4.76. The summed E-state index contributed by atoms with van der Waals surface area (Å²) in [6.07, 6.45) is 2.54. The lowest BCUT2D eigenvalue weighted by atomic mass is 10.2. The molecule has 5 heteroatoms. The SMILES string of the molecule is CCN1CCCC1CN(C)CC(=O)NCCN. The van der Waals surface area contributed by atoms with Gasteiger partial charge in [0.2, 0.25) is 5.91 Å². The zero-order valence-corrected chi connectivity index (χ0v) is 11.1. The van der Waals surface area contributed by atoms with Crippen LogP contribution in [-0.2, 0) is 4.79 Å². The Bertz CT molecular complexity index is 235. The Kier molecular flexibility index (Phi) is 6.47. The molecule has 1 amide bonds. The normalized spacial score (nSPS) is 21.1. The number of amides is 1. The van der Waals surface area contributed by atoms with Crippen molar-refractivity contribution in [3.63, 3.8) is 0 Å². The van der Waals surface area contributed by atoms with Crippen LogP contribution in [0.4, 0.5) is 0 Å². The second-order valence-corrected chi connectivity index (χ2v) is 4.76. The fourth-order valence-corrected chi connectivity index (χ4v) is 2.46. The van der Waals surface area contributed by atoms with Crippen molar-refractivity contribution >= 4 is 5.91 Å². The first-order chi connectivity index (χ1) is 8.17. The van der Waals surface area contributed by atoms with Gasteiger partial charge in [0.1, 0.15) is 0 Å². The molecule has 1 rings (SSSR count). The number of hydrogen-bond donors (Lipinski definition) is 2. The van der Waals surface area contributed by atoms with Crippen molar-refractivity contribution in [3.05, 3.63) is 0 Å². The third kappa shape index (κ3) is 5.02. The van der Waals surface area contributed by atoms with Crippen molar-refractivity contribution in [3.8, 4) is 0 Å². The highest BCUT2D eigenvalue weighted by Crippen LogP contribution is 2.16. The van der Waals surface area contributed by atoms with Crippen LogP contribution in [0.5, 0.6) is 0 Å². The average Bonchev–Trinajstić information content (AvgIpc) is 2.73. The van der Waals surface area contributed by atoms with E-state index in [-0.39, 0.29) is 5.91 Å². The first-order valence-electron chi connectivity index (χ1n) is 6.56. The summed E-state index contributed by atoms with van der Waals surface area (Å²) in [7, 11) is 2.01. The van der Waals surface area contributed by atoms with E-state index in [2.05, 4.69) is 22.0 Å². The molecular weight excluding hydrogens is 216 g/mol. The number of nitrogens with two attached hydrogens (primary N) is 1. The van der Waals surface area contributed by atoms with Gasteiger partial charge in [-0.3, -0.25) is 14.6 Å². The summed E-state index contributed by atoms with van der Waals surface area (Å²) in [5, 5.41) is 2.79. The van der Waals surface area contributed by atoms with Crippen LogP contribution in [0.25, 0.3) is 0 Å². The summed E-state index contributed by atoms with van der Waals surface area (Å²) in [5.74, 6) is 0.0685. The maximum absolute atomic E-state index is 11.5. The molecule has 3 N–H and O–H groups in total. The zero-order valence-electron chi connectivity index (χ0n) is 11.1. The zero-order chi connectivity index (χ0) is 12.7. The molecule has 1 heterocycles. The number of likely N-dealkylation sites (N-methyl/N-ethyl adjacent to an activating group) is 2. The number of nitrogens with one attached hydrogen (secondary N) is 1. The van der Waals surface area contributed by atoms with Crippen molar-refractivity contribution in [2.75, 3.05) is 46.3 Å². The summed E-state index contributed by atoms with van der Waals surface area (Å²) in [6, 6.07) is 0.618. The predicted molar refractivity (Wildman–Crippen MR) is 69.8 cm³/mol. The Morgan fingerprint density at radius 3 is 3.00 bits per heavy atom. The van der Waals surface area contributed by atoms with E-state index >= 15 is 0 Å². The third-order valence-corrected chi connectivity index (χ3v) is 3.31. The van der Waals surface area contributed by atoms with Gasteiger partial charge in [0.15, 0.2) is 0 Å². The molecule has 5 nitrogen and oxygen atoms in total. The van der Waals surface area contributed by atoms with Crippen molar-refractivity contribution in [2.24, 2.45) is 5.73 Å². The largest absolute Gasteiger partial charge is 0.354 e. The minimum Gasteiger partial charge on any atom is -0.354 e. The summed E-state index contributed by atoms with van der Waals surface area (Å²) in [5.41, 5.74) is 5.34. The van der Waals surface area contributed by atoms with Crippen LogP contribution in [0.3, 0.4) is 0 Å². The molecular formula is C12H26N4O. The van der Waals surface area contributed by atoms with Crippen LogP contribution in [0.2, 0.25) is 0 Å². The van der Waals surface area contributed by atoms with E-state index in [1.807, 2.05) is 7.05 Å². The molecule has 1 aliphatic rings. The average molecular weight is 242 g/mol. The van der Waals surface area contributed by atoms with Gasteiger partial charge in [-0.1, -0.05) is 6.92 Å². The lowest BCUT2D eigenvalue weighted by molar-refractivity contribution is -0.122. The highest BCUT2D eigenvalue weighted by Gasteiger charge is 2.24. The molecule has 1 atom stereocenters. The van der Waals surface area contributed by atoms with E-state index in [1.165, 1.54) is 19.4 Å². The quantitative estimate of drug-likeness (QED) is 0.630. The van der Waals surface area contributed by atoms with Crippen LogP contribution in [0, 0.1) is 0 Å². The number of carbonyl (C=O) groups excluding carboxylic acids is 1. The van der Waals surface area contributed by atoms with Gasteiger partial charge in [0.05, 0.1) is 6.54 Å². The fraction of sp³-hybridized carbons (Fsp3) is 0.917. The van der Waals surface area contributed by atoms with Gasteiger partial charge in [0, 0.05) is 25.7 Å². The molecule has 0 saturated carbocycles. The van der Waals surface area contributed by atoms with Gasteiger partial charge in [-0.2, -0.15) is 0 Å². The Morgan fingerprint density at radius 2 is 2.35 bits per heavy atom. The van der Waals surface area contributed by atoms with Crippen LogP contribution in [0.15, 0.2) is 0 Å². The fourth-order valence-electron chi connectivity index (χ4n) is 2.46. The van der Waals surface area contributed by atoms with E-state index in [1.54, 1.807) is 0 Å². The Labute approximate surface area is 104 Å². The number of hydrogen-bond acceptors (Lipinski definition) is 4. The predicted octanol–water partition coefficient (Wildman–Crippen LogP) is -0.523. The third-order valence-electron chi connectivity index (χ3n) is 3.31. The molecule has 0 aromatic rings. The second kappa shape index (κ2) is 7.63. The number of carbonyl (C=O) groups is 1. The number of rotatable bonds is 7. The molecule has 1 saturated heterocycles. The summed E-state index contributed by atoms with van der Waals surface area (Å²) < 4.78 is 0.